The summed E-state index contributed by atoms with van der Waals surface area (Å²) >= 11 is 0. The highest BCUT2D eigenvalue weighted by molar-refractivity contribution is 5.09. The van der Waals surface area contributed by atoms with Gasteiger partial charge < -0.3 is 5.32 Å². The van der Waals surface area contributed by atoms with Crippen molar-refractivity contribution in [3.63, 3.8) is 0 Å². The second kappa shape index (κ2) is 14.2. The highest BCUT2D eigenvalue weighted by atomic mass is 15.3. The lowest BCUT2D eigenvalue weighted by Gasteiger charge is -2.55. The summed E-state index contributed by atoms with van der Waals surface area (Å²) in [6.07, 6.45) is 44.2. The van der Waals surface area contributed by atoms with Crippen LogP contribution in [0.2, 0.25) is 0 Å². The molecule has 2 aliphatic heterocycles. The van der Waals surface area contributed by atoms with E-state index >= 15 is 0 Å². The molecular formula is C43H73N3. The van der Waals surface area contributed by atoms with Crippen molar-refractivity contribution in [2.24, 2.45) is 35.5 Å². The van der Waals surface area contributed by atoms with Crippen molar-refractivity contribution < 1.29 is 0 Å². The van der Waals surface area contributed by atoms with Gasteiger partial charge >= 0.3 is 0 Å². The molecule has 0 bridgehead atoms. The molecule has 0 spiro atoms. The first-order valence-corrected chi connectivity index (χ1v) is 22.1. The first kappa shape index (κ1) is 31.8. The number of likely N-dealkylation sites (tertiary alicyclic amines) is 1. The Morgan fingerprint density at radius 1 is 0.391 bits per heavy atom. The molecular weight excluding hydrogens is 558 g/mol. The van der Waals surface area contributed by atoms with E-state index in [-0.39, 0.29) is 0 Å². The standard InChI is InChI=1S/C43H73N3/c1-3-13-31(14-4-1)45(32-15-5-2-6-16-32)34-27-28-42-39(29-34)37-19-10-12-22-41(37)46(42)33-25-23-30(24-26-33)43-38-20-8-7-17-35(38)36-18-9-11-21-40(36)44-43/h30-44H,1-29H2. The second-order valence-electron chi connectivity index (χ2n) is 19.1. The molecule has 0 radical (unpaired) electrons. The van der Waals surface area contributed by atoms with Crippen molar-refractivity contribution in [3.8, 4) is 0 Å². The predicted octanol–water partition coefficient (Wildman–Crippen LogP) is 10.3. The van der Waals surface area contributed by atoms with Crippen molar-refractivity contribution in [2.75, 3.05) is 0 Å². The van der Waals surface area contributed by atoms with E-state index in [0.717, 1.165) is 83.8 Å². The zero-order chi connectivity index (χ0) is 30.5. The van der Waals surface area contributed by atoms with Gasteiger partial charge in [0.25, 0.3) is 0 Å². The van der Waals surface area contributed by atoms with E-state index in [9.17, 15) is 0 Å². The van der Waals surface area contributed by atoms with Gasteiger partial charge in [0.15, 0.2) is 0 Å². The van der Waals surface area contributed by atoms with Crippen LogP contribution in [0.25, 0.3) is 0 Å². The first-order chi connectivity index (χ1) is 22.8. The maximum atomic E-state index is 4.45. The number of rotatable bonds is 5. The molecule has 10 unspecified atom stereocenters. The summed E-state index contributed by atoms with van der Waals surface area (Å²) < 4.78 is 0. The molecule has 0 aromatic heterocycles. The minimum atomic E-state index is 0.861. The third-order valence-corrected chi connectivity index (χ3v) is 17.1. The summed E-state index contributed by atoms with van der Waals surface area (Å²) in [6, 6.07) is 7.29. The van der Waals surface area contributed by atoms with E-state index < -0.39 is 0 Å². The van der Waals surface area contributed by atoms with E-state index in [0.29, 0.717) is 0 Å². The number of piperidine rings is 1. The van der Waals surface area contributed by atoms with E-state index in [1.54, 1.807) is 25.7 Å². The van der Waals surface area contributed by atoms with Gasteiger partial charge in [-0.05, 0) is 145 Å². The SMILES string of the molecule is C1CCC(N(C2CCCCC2)C2CCC3C(C2)C2CCCCC2N3C2CCC(C3NC4CCCCC4C4CCCCC43)CC2)CC1. The zero-order valence-corrected chi connectivity index (χ0v) is 30.0. The molecule has 2 heterocycles. The molecule has 9 aliphatic rings. The van der Waals surface area contributed by atoms with Crippen LogP contribution in [0.5, 0.6) is 0 Å². The van der Waals surface area contributed by atoms with Crippen molar-refractivity contribution >= 4 is 0 Å². The van der Waals surface area contributed by atoms with E-state index in [2.05, 4.69) is 15.1 Å². The lowest BCUT2D eigenvalue weighted by atomic mass is 9.58. The van der Waals surface area contributed by atoms with Crippen LogP contribution >= 0.6 is 0 Å². The number of nitrogens with zero attached hydrogens (tertiary/aromatic N) is 2. The number of hydrogen-bond donors (Lipinski definition) is 1. The molecule has 0 amide bonds. The summed E-state index contributed by atoms with van der Waals surface area (Å²) in [5.74, 6) is 6.13. The fourth-order valence-corrected chi connectivity index (χ4v) is 15.4. The van der Waals surface area contributed by atoms with Crippen molar-refractivity contribution in [1.82, 2.24) is 15.1 Å². The monoisotopic (exact) mass is 632 g/mol. The Morgan fingerprint density at radius 2 is 0.957 bits per heavy atom. The van der Waals surface area contributed by atoms with Crippen molar-refractivity contribution in [3.05, 3.63) is 0 Å². The maximum absolute atomic E-state index is 4.45. The van der Waals surface area contributed by atoms with Gasteiger partial charge in [0, 0.05) is 48.3 Å². The van der Waals surface area contributed by atoms with Crippen LogP contribution < -0.4 is 5.32 Å². The molecule has 7 aliphatic carbocycles. The Labute approximate surface area is 284 Å². The van der Waals surface area contributed by atoms with Crippen LogP contribution in [0.15, 0.2) is 0 Å². The van der Waals surface area contributed by atoms with Crippen LogP contribution in [0.3, 0.4) is 0 Å². The van der Waals surface area contributed by atoms with Crippen LogP contribution in [-0.4, -0.2) is 58.1 Å². The van der Waals surface area contributed by atoms with Gasteiger partial charge in [-0.25, -0.2) is 0 Å². The molecule has 0 aromatic rings. The summed E-state index contributed by atoms with van der Waals surface area (Å²) in [5, 5.41) is 4.45. The molecule has 10 atom stereocenters. The van der Waals surface area contributed by atoms with E-state index in [1.807, 2.05) is 0 Å². The topological polar surface area (TPSA) is 18.5 Å². The van der Waals surface area contributed by atoms with Crippen LogP contribution in [-0.2, 0) is 0 Å². The minimum absolute atomic E-state index is 0.861. The fraction of sp³-hybridized carbons (Fsp3) is 1.00. The van der Waals surface area contributed by atoms with Crippen molar-refractivity contribution in [2.45, 2.75) is 235 Å². The largest absolute Gasteiger partial charge is 0.310 e. The Bertz CT molecular complexity index is 959. The minimum Gasteiger partial charge on any atom is -0.310 e. The summed E-state index contributed by atoms with van der Waals surface area (Å²) in [4.78, 5) is 6.59. The Kier molecular flexibility index (Phi) is 9.86. The van der Waals surface area contributed by atoms with Gasteiger partial charge in [0.05, 0.1) is 0 Å². The Morgan fingerprint density at radius 3 is 1.67 bits per heavy atom. The highest BCUT2D eigenvalue weighted by Crippen LogP contribution is 2.54. The first-order valence-electron chi connectivity index (χ1n) is 22.1. The molecule has 46 heavy (non-hydrogen) atoms. The molecule has 1 N–H and O–H groups in total. The second-order valence-corrected chi connectivity index (χ2v) is 19.1. The summed E-state index contributed by atoms with van der Waals surface area (Å²) in [6.45, 7) is 0. The molecule has 7 saturated carbocycles. The quantitative estimate of drug-likeness (QED) is 0.326. The number of hydrogen-bond acceptors (Lipinski definition) is 3. The Hall–Kier alpha value is -0.120. The third kappa shape index (κ3) is 6.01. The molecule has 3 nitrogen and oxygen atoms in total. The maximum Gasteiger partial charge on any atom is 0.0134 e. The molecule has 3 heteroatoms. The number of fused-ring (bicyclic) bond motifs is 6. The van der Waals surface area contributed by atoms with Crippen molar-refractivity contribution in [1.29, 1.82) is 0 Å². The molecule has 2 saturated heterocycles. The van der Waals surface area contributed by atoms with Crippen LogP contribution in [0.4, 0.5) is 0 Å². The average molecular weight is 632 g/mol. The number of nitrogens with one attached hydrogen (secondary N) is 1. The van der Waals surface area contributed by atoms with Gasteiger partial charge in [-0.15, -0.1) is 0 Å². The summed E-state index contributed by atoms with van der Waals surface area (Å²) in [5.41, 5.74) is 0. The van der Waals surface area contributed by atoms with E-state index in [1.165, 1.54) is 161 Å². The molecule has 260 valence electrons. The third-order valence-electron chi connectivity index (χ3n) is 17.1. The molecule has 0 aromatic carbocycles. The van der Waals surface area contributed by atoms with Gasteiger partial charge in [-0.2, -0.15) is 0 Å². The van der Waals surface area contributed by atoms with E-state index in [4.69, 9.17) is 0 Å². The predicted molar refractivity (Wildman–Crippen MR) is 192 cm³/mol. The van der Waals surface area contributed by atoms with Gasteiger partial charge in [-0.1, -0.05) is 77.0 Å². The Balaban J connectivity index is 0.890. The highest BCUT2D eigenvalue weighted by Gasteiger charge is 2.55. The normalized spacial score (nSPS) is 47.9. The molecule has 9 rings (SSSR count). The smallest absolute Gasteiger partial charge is 0.0134 e. The fourth-order valence-electron chi connectivity index (χ4n) is 15.4. The average Bonchev–Trinajstić information content (AvgIpc) is 3.46. The lowest BCUT2D eigenvalue weighted by molar-refractivity contribution is -0.0205. The molecule has 9 fully saturated rings. The summed E-state index contributed by atoms with van der Waals surface area (Å²) in [7, 11) is 0. The lowest BCUT2D eigenvalue weighted by Crippen LogP contribution is -2.61. The zero-order valence-electron chi connectivity index (χ0n) is 30.0. The van der Waals surface area contributed by atoms with Crippen LogP contribution in [0, 0.1) is 35.5 Å². The van der Waals surface area contributed by atoms with Gasteiger partial charge in [-0.3, -0.25) is 9.80 Å². The van der Waals surface area contributed by atoms with Gasteiger partial charge in [0.2, 0.25) is 0 Å². The van der Waals surface area contributed by atoms with Gasteiger partial charge in [0.1, 0.15) is 0 Å². The van der Waals surface area contributed by atoms with Crippen LogP contribution in [0.1, 0.15) is 186 Å².